The Morgan fingerprint density at radius 2 is 2.05 bits per heavy atom. The molecule has 1 atom stereocenters. The lowest BCUT2D eigenvalue weighted by Gasteiger charge is -2.18. The van der Waals surface area contributed by atoms with Gasteiger partial charge in [-0.1, -0.05) is 28.1 Å². The molecule has 4 heteroatoms. The fraction of sp³-hybridized carbons (Fsp3) is 0.188. The maximum Gasteiger partial charge on any atom is 0.128 e. The van der Waals surface area contributed by atoms with E-state index in [1.54, 1.807) is 12.1 Å². The van der Waals surface area contributed by atoms with Gasteiger partial charge in [-0.3, -0.25) is 0 Å². The Balaban J connectivity index is 2.33. The standard InChI is InChI=1S/C16H14BrFN2/c1-10-4-3-5-16(14(10)9-19)20-11(2)13-8-12(17)6-7-15(13)18/h3-8,11,20H,1-2H3. The Labute approximate surface area is 126 Å². The highest BCUT2D eigenvalue weighted by atomic mass is 79.9. The molecule has 2 aromatic rings. The quantitative estimate of drug-likeness (QED) is 0.863. The summed E-state index contributed by atoms with van der Waals surface area (Å²) in [6, 6.07) is 12.4. The van der Waals surface area contributed by atoms with Gasteiger partial charge in [-0.25, -0.2) is 4.39 Å². The smallest absolute Gasteiger partial charge is 0.128 e. The molecule has 0 saturated heterocycles. The Morgan fingerprint density at radius 3 is 2.75 bits per heavy atom. The van der Waals surface area contributed by atoms with E-state index in [1.807, 2.05) is 32.0 Å². The fourth-order valence-corrected chi connectivity index (χ4v) is 2.47. The first-order valence-electron chi connectivity index (χ1n) is 6.24. The number of nitriles is 1. The first-order valence-corrected chi connectivity index (χ1v) is 7.03. The predicted molar refractivity (Wildman–Crippen MR) is 82.0 cm³/mol. The molecule has 2 aromatic carbocycles. The van der Waals surface area contributed by atoms with Gasteiger partial charge in [0.2, 0.25) is 0 Å². The molecule has 102 valence electrons. The molecule has 0 aliphatic heterocycles. The lowest BCUT2D eigenvalue weighted by molar-refractivity contribution is 0.600. The minimum Gasteiger partial charge on any atom is -0.377 e. The van der Waals surface area contributed by atoms with Gasteiger partial charge >= 0.3 is 0 Å². The van der Waals surface area contributed by atoms with Crippen molar-refractivity contribution in [1.29, 1.82) is 5.26 Å². The van der Waals surface area contributed by atoms with Gasteiger partial charge in [-0.2, -0.15) is 5.26 Å². The number of hydrogen-bond acceptors (Lipinski definition) is 2. The van der Waals surface area contributed by atoms with E-state index in [9.17, 15) is 9.65 Å². The minimum atomic E-state index is -0.264. The summed E-state index contributed by atoms with van der Waals surface area (Å²) in [7, 11) is 0. The Kier molecular flexibility index (Phi) is 4.41. The maximum atomic E-state index is 13.9. The molecule has 1 N–H and O–H groups in total. The van der Waals surface area contributed by atoms with Crippen LogP contribution in [-0.2, 0) is 0 Å². The average molecular weight is 333 g/mol. The molecule has 0 aliphatic rings. The van der Waals surface area contributed by atoms with Gasteiger partial charge in [0.25, 0.3) is 0 Å². The Morgan fingerprint density at radius 1 is 1.30 bits per heavy atom. The molecule has 2 rings (SSSR count). The van der Waals surface area contributed by atoms with Crippen molar-refractivity contribution < 1.29 is 4.39 Å². The van der Waals surface area contributed by atoms with Crippen LogP contribution in [0.5, 0.6) is 0 Å². The summed E-state index contributed by atoms with van der Waals surface area (Å²) in [6.07, 6.45) is 0. The van der Waals surface area contributed by atoms with Gasteiger partial charge in [0.05, 0.1) is 17.3 Å². The second-order valence-electron chi connectivity index (χ2n) is 4.64. The molecule has 2 nitrogen and oxygen atoms in total. The largest absolute Gasteiger partial charge is 0.377 e. The lowest BCUT2D eigenvalue weighted by atomic mass is 10.0. The number of aryl methyl sites for hydroxylation is 1. The molecule has 0 fully saturated rings. The lowest BCUT2D eigenvalue weighted by Crippen LogP contribution is -2.10. The number of halogens is 2. The van der Waals surface area contributed by atoms with Crippen LogP contribution in [0.2, 0.25) is 0 Å². The third-order valence-corrected chi connectivity index (χ3v) is 3.67. The van der Waals surface area contributed by atoms with E-state index in [2.05, 4.69) is 27.3 Å². The zero-order valence-corrected chi connectivity index (χ0v) is 12.8. The predicted octanol–water partition coefficient (Wildman–Crippen LogP) is 4.94. The molecular formula is C16H14BrFN2. The summed E-state index contributed by atoms with van der Waals surface area (Å²) in [5.74, 6) is -0.264. The summed E-state index contributed by atoms with van der Waals surface area (Å²) >= 11 is 3.34. The molecule has 0 aliphatic carbocycles. The van der Waals surface area contributed by atoms with E-state index in [-0.39, 0.29) is 11.9 Å². The maximum absolute atomic E-state index is 13.9. The van der Waals surface area contributed by atoms with Gasteiger partial charge in [-0.05, 0) is 43.7 Å². The van der Waals surface area contributed by atoms with Crippen molar-refractivity contribution in [3.63, 3.8) is 0 Å². The Bertz CT molecular complexity index is 677. The van der Waals surface area contributed by atoms with Gasteiger partial charge in [0.15, 0.2) is 0 Å². The van der Waals surface area contributed by atoms with Crippen molar-refractivity contribution in [2.75, 3.05) is 5.32 Å². The van der Waals surface area contributed by atoms with Crippen LogP contribution in [0, 0.1) is 24.1 Å². The second-order valence-corrected chi connectivity index (χ2v) is 5.56. The number of nitrogens with zero attached hydrogens (tertiary/aromatic N) is 1. The van der Waals surface area contributed by atoms with Gasteiger partial charge in [-0.15, -0.1) is 0 Å². The molecule has 1 unspecified atom stereocenters. The summed E-state index contributed by atoms with van der Waals surface area (Å²) in [5, 5.41) is 12.4. The van der Waals surface area contributed by atoms with Gasteiger partial charge in [0, 0.05) is 10.0 Å². The summed E-state index contributed by atoms with van der Waals surface area (Å²) in [6.45, 7) is 3.75. The highest BCUT2D eigenvalue weighted by Gasteiger charge is 2.13. The molecule has 0 bridgehead atoms. The van der Waals surface area contributed by atoms with E-state index in [0.717, 1.165) is 15.7 Å². The van der Waals surface area contributed by atoms with Crippen LogP contribution in [0.3, 0.4) is 0 Å². The summed E-state index contributed by atoms with van der Waals surface area (Å²) < 4.78 is 14.7. The van der Waals surface area contributed by atoms with Crippen LogP contribution < -0.4 is 5.32 Å². The fourth-order valence-electron chi connectivity index (χ4n) is 2.09. The van der Waals surface area contributed by atoms with Crippen molar-refractivity contribution in [2.45, 2.75) is 19.9 Å². The van der Waals surface area contributed by atoms with Crippen molar-refractivity contribution in [3.05, 3.63) is 63.4 Å². The number of benzene rings is 2. The van der Waals surface area contributed by atoms with E-state index in [0.29, 0.717) is 11.1 Å². The highest BCUT2D eigenvalue weighted by Crippen LogP contribution is 2.27. The number of hydrogen-bond donors (Lipinski definition) is 1. The van der Waals surface area contributed by atoms with Crippen molar-refractivity contribution in [1.82, 2.24) is 0 Å². The average Bonchev–Trinajstić information content (AvgIpc) is 2.41. The first kappa shape index (κ1) is 14.5. The first-order chi connectivity index (χ1) is 9.52. The molecule has 0 heterocycles. The van der Waals surface area contributed by atoms with E-state index in [1.165, 1.54) is 6.07 Å². The molecule has 0 radical (unpaired) electrons. The number of rotatable bonds is 3. The van der Waals surface area contributed by atoms with Crippen molar-refractivity contribution in [3.8, 4) is 6.07 Å². The van der Waals surface area contributed by atoms with E-state index >= 15 is 0 Å². The molecule has 0 amide bonds. The van der Waals surface area contributed by atoms with Crippen LogP contribution in [0.4, 0.5) is 10.1 Å². The molecular weight excluding hydrogens is 319 g/mol. The summed E-state index contributed by atoms with van der Waals surface area (Å²) in [4.78, 5) is 0. The topological polar surface area (TPSA) is 35.8 Å². The van der Waals surface area contributed by atoms with Crippen molar-refractivity contribution in [2.24, 2.45) is 0 Å². The molecule has 0 spiro atoms. The number of anilines is 1. The zero-order chi connectivity index (χ0) is 14.7. The Hall–Kier alpha value is -1.86. The van der Waals surface area contributed by atoms with Crippen molar-refractivity contribution >= 4 is 21.6 Å². The van der Waals surface area contributed by atoms with Gasteiger partial charge in [0.1, 0.15) is 11.9 Å². The van der Waals surface area contributed by atoms with Gasteiger partial charge < -0.3 is 5.32 Å². The zero-order valence-electron chi connectivity index (χ0n) is 11.2. The SMILES string of the molecule is Cc1cccc(NC(C)c2cc(Br)ccc2F)c1C#N. The normalized spacial score (nSPS) is 11.8. The van der Waals surface area contributed by atoms with Crippen LogP contribution >= 0.6 is 15.9 Å². The number of nitrogens with one attached hydrogen (secondary N) is 1. The molecule has 0 aromatic heterocycles. The second kappa shape index (κ2) is 6.06. The van der Waals surface area contributed by atoms with Crippen LogP contribution in [0.15, 0.2) is 40.9 Å². The minimum absolute atomic E-state index is 0.235. The van der Waals surface area contributed by atoms with Crippen LogP contribution in [0.25, 0.3) is 0 Å². The van der Waals surface area contributed by atoms with Crippen LogP contribution in [-0.4, -0.2) is 0 Å². The van der Waals surface area contributed by atoms with Crippen LogP contribution in [0.1, 0.15) is 29.7 Å². The van der Waals surface area contributed by atoms with E-state index in [4.69, 9.17) is 0 Å². The van der Waals surface area contributed by atoms with E-state index < -0.39 is 0 Å². The molecule has 0 saturated carbocycles. The monoisotopic (exact) mass is 332 g/mol. The summed E-state index contributed by atoms with van der Waals surface area (Å²) in [5.41, 5.74) is 2.78. The third-order valence-electron chi connectivity index (χ3n) is 3.18. The third kappa shape index (κ3) is 3.00. The molecule has 20 heavy (non-hydrogen) atoms. The highest BCUT2D eigenvalue weighted by molar-refractivity contribution is 9.10.